The number of hydrogen-bond donors (Lipinski definition) is 2. The lowest BCUT2D eigenvalue weighted by Gasteiger charge is -2.08. The lowest BCUT2D eigenvalue weighted by atomic mass is 10.0. The van der Waals surface area contributed by atoms with E-state index in [0.29, 0.717) is 13.0 Å². The molecule has 1 aliphatic rings. The Bertz CT molecular complexity index is 765. The molecule has 2 rings (SSSR count). The number of esters is 1. The normalized spacial score (nSPS) is 15.8. The number of nitrogens with one attached hydrogen (secondary N) is 1. The molecule has 0 spiro atoms. The minimum atomic E-state index is -5.08. The average molecular weight is 458 g/mol. The maximum atomic E-state index is 11.9. The van der Waals surface area contributed by atoms with Crippen LogP contribution in [0.3, 0.4) is 0 Å². The van der Waals surface area contributed by atoms with Crippen molar-refractivity contribution in [2.75, 3.05) is 13.2 Å². The summed E-state index contributed by atoms with van der Waals surface area (Å²) in [5, 5.41) is 10.2. The van der Waals surface area contributed by atoms with Crippen molar-refractivity contribution < 1.29 is 42.2 Å². The van der Waals surface area contributed by atoms with Crippen molar-refractivity contribution in [1.29, 1.82) is 0 Å². The lowest BCUT2D eigenvalue weighted by Crippen LogP contribution is -2.21. The first-order chi connectivity index (χ1) is 13.4. The van der Waals surface area contributed by atoms with Crippen LogP contribution in [0, 0.1) is 5.92 Å². The summed E-state index contributed by atoms with van der Waals surface area (Å²) < 4.78 is 36.7. The largest absolute Gasteiger partial charge is 0.490 e. The number of amides is 1. The standard InChI is InChI=1S/C15H15Cl2NO4.C2HF3O2/c16-11-2-1-3-12(17)13(11)15(21)22-8-10(19)5-4-9-6-7-18-14(9)20;3-2(4,5)1(6)7/h1-3,9H,4-8H2,(H,18,20);(H,6,7)/t9-;/m0./s1. The summed E-state index contributed by atoms with van der Waals surface area (Å²) in [6.45, 7) is 0.298. The molecule has 0 aliphatic carbocycles. The number of alkyl halides is 3. The van der Waals surface area contributed by atoms with Gasteiger partial charge in [-0.25, -0.2) is 9.59 Å². The maximum absolute atomic E-state index is 11.9. The van der Waals surface area contributed by atoms with Crippen LogP contribution in [0.1, 0.15) is 29.6 Å². The molecule has 1 atom stereocenters. The highest BCUT2D eigenvalue weighted by molar-refractivity contribution is 6.39. The fourth-order valence-electron chi connectivity index (χ4n) is 2.24. The first kappa shape index (κ1) is 24.7. The van der Waals surface area contributed by atoms with Gasteiger partial charge in [-0.3, -0.25) is 9.59 Å². The van der Waals surface area contributed by atoms with Crippen LogP contribution >= 0.6 is 23.2 Å². The number of Topliss-reactive ketones (excluding diaryl/α,β-unsaturated/α-hetero) is 1. The van der Waals surface area contributed by atoms with Crippen LogP contribution < -0.4 is 5.32 Å². The lowest BCUT2D eigenvalue weighted by molar-refractivity contribution is -0.192. The fraction of sp³-hybridized carbons (Fsp3) is 0.412. The summed E-state index contributed by atoms with van der Waals surface area (Å²) in [6.07, 6.45) is -3.68. The van der Waals surface area contributed by atoms with Crippen molar-refractivity contribution in [3.63, 3.8) is 0 Å². The number of hydrogen-bond acceptors (Lipinski definition) is 5. The first-order valence-corrected chi connectivity index (χ1v) is 8.89. The Balaban J connectivity index is 0.000000516. The number of carboxylic acids is 1. The van der Waals surface area contributed by atoms with Crippen LogP contribution in [0.15, 0.2) is 18.2 Å². The number of carbonyl (C=O) groups is 4. The summed E-state index contributed by atoms with van der Waals surface area (Å²) in [5.41, 5.74) is 0.0498. The molecule has 7 nitrogen and oxygen atoms in total. The Morgan fingerprint density at radius 3 is 2.21 bits per heavy atom. The highest BCUT2D eigenvalue weighted by atomic mass is 35.5. The molecular formula is C17H16Cl2F3NO6. The van der Waals surface area contributed by atoms with Gasteiger partial charge in [0.2, 0.25) is 5.91 Å². The van der Waals surface area contributed by atoms with Crippen molar-refractivity contribution in [2.24, 2.45) is 5.92 Å². The van der Waals surface area contributed by atoms with E-state index in [-0.39, 0.29) is 46.2 Å². The Hall–Kier alpha value is -2.33. The average Bonchev–Trinajstić information content (AvgIpc) is 3.02. The van der Waals surface area contributed by atoms with Gasteiger partial charge in [-0.05, 0) is 25.0 Å². The minimum absolute atomic E-state index is 0.0207. The molecule has 12 heteroatoms. The van der Waals surface area contributed by atoms with E-state index in [4.69, 9.17) is 37.8 Å². The second-order valence-electron chi connectivity index (χ2n) is 5.83. The smallest absolute Gasteiger partial charge is 0.475 e. The molecule has 1 aliphatic heterocycles. The fourth-order valence-corrected chi connectivity index (χ4v) is 2.79. The molecule has 1 amide bonds. The summed E-state index contributed by atoms with van der Waals surface area (Å²) in [4.78, 5) is 43.9. The second-order valence-corrected chi connectivity index (χ2v) is 6.64. The number of carbonyl (C=O) groups excluding carboxylic acids is 3. The van der Waals surface area contributed by atoms with Gasteiger partial charge in [0, 0.05) is 18.9 Å². The Morgan fingerprint density at radius 2 is 1.76 bits per heavy atom. The molecular weight excluding hydrogens is 442 g/mol. The molecule has 2 N–H and O–H groups in total. The highest BCUT2D eigenvalue weighted by Gasteiger charge is 2.38. The molecule has 0 bridgehead atoms. The molecule has 0 saturated carbocycles. The van der Waals surface area contributed by atoms with E-state index in [0.717, 1.165) is 6.42 Å². The van der Waals surface area contributed by atoms with E-state index in [2.05, 4.69) is 5.32 Å². The Kier molecular flexibility index (Phi) is 9.38. The number of ether oxygens (including phenoxy) is 1. The molecule has 0 unspecified atom stereocenters. The molecule has 1 fully saturated rings. The third kappa shape index (κ3) is 8.28. The van der Waals surface area contributed by atoms with Crippen molar-refractivity contribution >= 4 is 46.8 Å². The van der Waals surface area contributed by atoms with Crippen molar-refractivity contribution in [2.45, 2.75) is 25.4 Å². The zero-order valence-corrected chi connectivity index (χ0v) is 16.2. The van der Waals surface area contributed by atoms with E-state index < -0.39 is 18.1 Å². The molecule has 1 aromatic rings. The van der Waals surface area contributed by atoms with Gasteiger partial charge in [0.25, 0.3) is 0 Å². The van der Waals surface area contributed by atoms with Gasteiger partial charge < -0.3 is 15.2 Å². The topological polar surface area (TPSA) is 110 Å². The summed E-state index contributed by atoms with van der Waals surface area (Å²) in [5.74, 6) is -3.88. The van der Waals surface area contributed by atoms with Crippen molar-refractivity contribution in [3.05, 3.63) is 33.8 Å². The second kappa shape index (κ2) is 11.0. The van der Waals surface area contributed by atoms with Crippen LogP contribution in [0.2, 0.25) is 10.0 Å². The third-order valence-corrected chi connectivity index (χ3v) is 4.34. The van der Waals surface area contributed by atoms with Crippen molar-refractivity contribution in [3.8, 4) is 0 Å². The van der Waals surface area contributed by atoms with Crippen LogP contribution in [-0.2, 0) is 19.1 Å². The Morgan fingerprint density at radius 1 is 1.21 bits per heavy atom. The number of halogens is 5. The number of benzene rings is 1. The predicted octanol–water partition coefficient (Wildman–Crippen LogP) is 3.27. The minimum Gasteiger partial charge on any atom is -0.475 e. The predicted molar refractivity (Wildman–Crippen MR) is 95.8 cm³/mol. The zero-order valence-electron chi connectivity index (χ0n) is 14.7. The third-order valence-electron chi connectivity index (χ3n) is 3.71. The summed E-state index contributed by atoms with van der Waals surface area (Å²) >= 11 is 11.8. The number of aliphatic carboxylic acids is 1. The number of ketones is 1. The number of rotatable bonds is 6. The van der Waals surface area contributed by atoms with E-state index in [1.54, 1.807) is 6.07 Å². The summed E-state index contributed by atoms with van der Waals surface area (Å²) in [6, 6.07) is 4.65. The van der Waals surface area contributed by atoms with E-state index >= 15 is 0 Å². The Labute approximate surface area is 173 Å². The SMILES string of the molecule is O=C(CC[C@H]1CCNC1=O)COC(=O)c1c(Cl)cccc1Cl.O=C(O)C(F)(F)F. The first-order valence-electron chi connectivity index (χ1n) is 8.14. The van der Waals surface area contributed by atoms with Gasteiger partial charge in [-0.1, -0.05) is 29.3 Å². The van der Waals surface area contributed by atoms with Gasteiger partial charge in [0.05, 0.1) is 15.6 Å². The van der Waals surface area contributed by atoms with Crippen molar-refractivity contribution in [1.82, 2.24) is 5.32 Å². The van der Waals surface area contributed by atoms with Crippen LogP contribution in [0.25, 0.3) is 0 Å². The molecule has 0 aromatic heterocycles. The zero-order chi connectivity index (χ0) is 22.2. The number of carboxylic acid groups (broad SMARTS) is 1. The molecule has 1 heterocycles. The maximum Gasteiger partial charge on any atom is 0.490 e. The molecule has 160 valence electrons. The molecule has 0 radical (unpaired) electrons. The molecule has 29 heavy (non-hydrogen) atoms. The summed E-state index contributed by atoms with van der Waals surface area (Å²) in [7, 11) is 0. The molecule has 1 saturated heterocycles. The van der Waals surface area contributed by atoms with Gasteiger partial charge in [-0.2, -0.15) is 13.2 Å². The van der Waals surface area contributed by atoms with Crippen LogP contribution in [0.5, 0.6) is 0 Å². The van der Waals surface area contributed by atoms with Gasteiger partial charge >= 0.3 is 18.1 Å². The van der Waals surface area contributed by atoms with Gasteiger partial charge in [0.1, 0.15) is 6.61 Å². The van der Waals surface area contributed by atoms with Crippen LogP contribution in [-0.4, -0.2) is 48.1 Å². The quantitative estimate of drug-likeness (QED) is 0.634. The highest BCUT2D eigenvalue weighted by Crippen LogP contribution is 2.25. The monoisotopic (exact) mass is 457 g/mol. The van der Waals surface area contributed by atoms with E-state index in [1.165, 1.54) is 12.1 Å². The van der Waals surface area contributed by atoms with E-state index in [9.17, 15) is 27.6 Å². The van der Waals surface area contributed by atoms with Gasteiger partial charge in [-0.15, -0.1) is 0 Å². The molecule has 1 aromatic carbocycles. The van der Waals surface area contributed by atoms with Crippen LogP contribution in [0.4, 0.5) is 13.2 Å². The van der Waals surface area contributed by atoms with E-state index in [1.807, 2.05) is 0 Å². The van der Waals surface area contributed by atoms with Gasteiger partial charge in [0.15, 0.2) is 5.78 Å².